The van der Waals surface area contributed by atoms with Crippen molar-refractivity contribution >= 4 is 22.7 Å². The molecule has 3 aromatic rings. The molecule has 1 N–H and O–H groups in total. The fourth-order valence-electron chi connectivity index (χ4n) is 5.41. The van der Waals surface area contributed by atoms with Crippen molar-refractivity contribution in [2.75, 3.05) is 20.2 Å². The number of hydrogen-bond acceptors (Lipinski definition) is 4. The van der Waals surface area contributed by atoms with Crippen LogP contribution in [0.3, 0.4) is 0 Å². The van der Waals surface area contributed by atoms with Gasteiger partial charge in [0, 0.05) is 29.6 Å². The maximum atomic E-state index is 13.6. The Kier molecular flexibility index (Phi) is 6.17. The molecular formula is C28H33N3O4. The Morgan fingerprint density at radius 2 is 1.91 bits per heavy atom. The van der Waals surface area contributed by atoms with E-state index in [1.165, 1.54) is 0 Å². The highest BCUT2D eigenvalue weighted by Gasteiger charge is 2.48. The lowest BCUT2D eigenvalue weighted by molar-refractivity contribution is -0.158. The molecule has 2 amide bonds. The number of methoxy groups -OCH3 is 1. The van der Waals surface area contributed by atoms with Crippen molar-refractivity contribution in [3.8, 4) is 11.5 Å². The van der Waals surface area contributed by atoms with Gasteiger partial charge in [-0.15, -0.1) is 0 Å². The molecule has 184 valence electrons. The van der Waals surface area contributed by atoms with Gasteiger partial charge in [0.2, 0.25) is 11.8 Å². The Labute approximate surface area is 206 Å². The molecule has 1 fully saturated rings. The van der Waals surface area contributed by atoms with Crippen LogP contribution in [-0.4, -0.2) is 58.9 Å². The summed E-state index contributed by atoms with van der Waals surface area (Å²) in [6.07, 6.45) is 2.38. The molecule has 7 heteroatoms. The predicted octanol–water partition coefficient (Wildman–Crippen LogP) is 4.45. The number of aromatic amines is 1. The Bertz CT molecular complexity index is 1260. The molecule has 0 aliphatic carbocycles. The molecule has 2 atom stereocenters. The van der Waals surface area contributed by atoms with E-state index in [9.17, 15) is 9.59 Å². The normalized spacial score (nSPS) is 19.8. The molecule has 1 aromatic heterocycles. The average molecular weight is 476 g/mol. The van der Waals surface area contributed by atoms with Gasteiger partial charge in [-0.3, -0.25) is 9.59 Å². The Hall–Kier alpha value is -3.48. The molecule has 5 rings (SSSR count). The minimum absolute atomic E-state index is 0.00418. The first-order valence-corrected chi connectivity index (χ1v) is 12.5. The minimum Gasteiger partial charge on any atom is -0.493 e. The third-order valence-corrected chi connectivity index (χ3v) is 6.99. The lowest BCUT2D eigenvalue weighted by atomic mass is 9.86. The highest BCUT2D eigenvalue weighted by Crippen LogP contribution is 2.44. The van der Waals surface area contributed by atoms with Gasteiger partial charge < -0.3 is 24.3 Å². The summed E-state index contributed by atoms with van der Waals surface area (Å²) in [5, 5.41) is 1.10. The first kappa shape index (κ1) is 23.3. The van der Waals surface area contributed by atoms with E-state index < -0.39 is 12.1 Å². The number of benzene rings is 2. The summed E-state index contributed by atoms with van der Waals surface area (Å²) in [7, 11) is 1.62. The number of carbonyl (C=O) groups excluding carboxylic acids is 2. The minimum atomic E-state index is -0.526. The molecule has 35 heavy (non-hydrogen) atoms. The van der Waals surface area contributed by atoms with E-state index in [2.05, 4.69) is 18.0 Å². The van der Waals surface area contributed by atoms with Gasteiger partial charge in [0.25, 0.3) is 0 Å². The highest BCUT2D eigenvalue weighted by atomic mass is 16.5. The van der Waals surface area contributed by atoms with Crippen molar-refractivity contribution in [1.82, 2.24) is 14.8 Å². The maximum Gasteiger partial charge on any atom is 0.246 e. The number of ether oxygens (including phenoxy) is 2. The zero-order chi connectivity index (χ0) is 24.7. The van der Waals surface area contributed by atoms with Gasteiger partial charge in [0.05, 0.1) is 25.8 Å². The van der Waals surface area contributed by atoms with E-state index in [0.29, 0.717) is 24.5 Å². The fourth-order valence-corrected chi connectivity index (χ4v) is 5.41. The topological polar surface area (TPSA) is 74.9 Å². The van der Waals surface area contributed by atoms with E-state index >= 15 is 0 Å². The molecule has 1 saturated heterocycles. The van der Waals surface area contributed by atoms with E-state index in [1.807, 2.05) is 50.2 Å². The van der Waals surface area contributed by atoms with E-state index in [4.69, 9.17) is 9.47 Å². The summed E-state index contributed by atoms with van der Waals surface area (Å²) in [6, 6.07) is 13.0. The number of H-pyrrole nitrogens is 1. The molecule has 0 radical (unpaired) electrons. The van der Waals surface area contributed by atoms with Crippen molar-refractivity contribution in [3.63, 3.8) is 0 Å². The number of hydrogen-bond donors (Lipinski definition) is 1. The number of nitrogens with zero attached hydrogens (tertiary/aromatic N) is 2. The quantitative estimate of drug-likeness (QED) is 0.548. The zero-order valence-corrected chi connectivity index (χ0v) is 20.8. The van der Waals surface area contributed by atoms with Crippen LogP contribution in [0.5, 0.6) is 11.5 Å². The van der Waals surface area contributed by atoms with Crippen LogP contribution in [0.4, 0.5) is 0 Å². The smallest absolute Gasteiger partial charge is 0.246 e. The molecule has 2 aromatic carbocycles. The van der Waals surface area contributed by atoms with Crippen LogP contribution in [-0.2, 0) is 16.0 Å². The second kappa shape index (κ2) is 9.29. The van der Waals surface area contributed by atoms with Crippen molar-refractivity contribution in [2.24, 2.45) is 0 Å². The SMILES string of the molecule is CCCCN1CC(=O)N2C(c3ccc(OC(C)C)c(OC)c3)c3[nH]c4ccccc4c3C[C@H]2C1=O. The third kappa shape index (κ3) is 4.03. The van der Waals surface area contributed by atoms with Crippen molar-refractivity contribution < 1.29 is 19.1 Å². The number of amides is 2. The predicted molar refractivity (Wildman–Crippen MR) is 135 cm³/mol. The molecule has 0 bridgehead atoms. The Balaban J connectivity index is 1.65. The Morgan fingerprint density at radius 3 is 2.66 bits per heavy atom. The number of piperazine rings is 1. The number of carbonyl (C=O) groups is 2. The summed E-state index contributed by atoms with van der Waals surface area (Å²) < 4.78 is 11.6. The van der Waals surface area contributed by atoms with Gasteiger partial charge >= 0.3 is 0 Å². The van der Waals surface area contributed by atoms with Crippen LogP contribution in [0, 0.1) is 0 Å². The molecule has 0 spiro atoms. The second-order valence-corrected chi connectivity index (χ2v) is 9.68. The molecule has 2 aliphatic heterocycles. The maximum absolute atomic E-state index is 13.6. The molecule has 7 nitrogen and oxygen atoms in total. The summed E-state index contributed by atoms with van der Waals surface area (Å²) in [6.45, 7) is 6.77. The third-order valence-electron chi connectivity index (χ3n) is 6.99. The van der Waals surface area contributed by atoms with Crippen LogP contribution in [0.15, 0.2) is 42.5 Å². The van der Waals surface area contributed by atoms with Gasteiger partial charge in [0.1, 0.15) is 6.04 Å². The standard InChI is InChI=1S/C28H33N3O4/c1-5-6-13-30-16-25(32)31-22(28(30)33)15-20-19-9-7-8-10-21(19)29-26(20)27(31)18-11-12-23(35-17(2)3)24(14-18)34-4/h7-12,14,17,22,27,29H,5-6,13,15-16H2,1-4H3/t22-,27?/m0/s1. The van der Waals surface area contributed by atoms with Crippen molar-refractivity contribution in [3.05, 3.63) is 59.3 Å². The van der Waals surface area contributed by atoms with Gasteiger partial charge in [-0.1, -0.05) is 37.6 Å². The lowest BCUT2D eigenvalue weighted by Crippen LogP contribution is -2.63. The van der Waals surface area contributed by atoms with E-state index in [-0.39, 0.29) is 24.5 Å². The summed E-state index contributed by atoms with van der Waals surface area (Å²) in [5.74, 6) is 1.27. The summed E-state index contributed by atoms with van der Waals surface area (Å²) in [5.41, 5.74) is 3.97. The Morgan fingerprint density at radius 1 is 1.11 bits per heavy atom. The number of unbranched alkanes of at least 4 members (excludes halogenated alkanes) is 1. The van der Waals surface area contributed by atoms with E-state index in [1.54, 1.807) is 16.9 Å². The molecule has 1 unspecified atom stereocenters. The van der Waals surface area contributed by atoms with Crippen LogP contribution >= 0.6 is 0 Å². The average Bonchev–Trinajstić information content (AvgIpc) is 3.22. The van der Waals surface area contributed by atoms with Crippen LogP contribution < -0.4 is 9.47 Å². The number of fused-ring (bicyclic) bond motifs is 4. The van der Waals surface area contributed by atoms with E-state index in [0.717, 1.165) is 40.6 Å². The van der Waals surface area contributed by atoms with Crippen molar-refractivity contribution in [2.45, 2.75) is 58.2 Å². The van der Waals surface area contributed by atoms with Crippen LogP contribution in [0.1, 0.15) is 56.5 Å². The largest absolute Gasteiger partial charge is 0.493 e. The summed E-state index contributed by atoms with van der Waals surface area (Å²) in [4.78, 5) is 34.3. The van der Waals surface area contributed by atoms with Crippen LogP contribution in [0.2, 0.25) is 0 Å². The summed E-state index contributed by atoms with van der Waals surface area (Å²) >= 11 is 0. The fraction of sp³-hybridized carbons (Fsp3) is 0.429. The first-order valence-electron chi connectivity index (χ1n) is 12.5. The molecular weight excluding hydrogens is 442 g/mol. The van der Waals surface area contributed by atoms with Crippen LogP contribution in [0.25, 0.3) is 10.9 Å². The highest BCUT2D eigenvalue weighted by molar-refractivity contribution is 5.97. The zero-order valence-electron chi connectivity index (χ0n) is 20.8. The van der Waals surface area contributed by atoms with Gasteiger partial charge in [-0.25, -0.2) is 0 Å². The van der Waals surface area contributed by atoms with Gasteiger partial charge in [-0.2, -0.15) is 0 Å². The monoisotopic (exact) mass is 475 g/mol. The van der Waals surface area contributed by atoms with Gasteiger partial charge in [0.15, 0.2) is 11.5 Å². The number of aromatic nitrogens is 1. The molecule has 2 aliphatic rings. The van der Waals surface area contributed by atoms with Crippen molar-refractivity contribution in [1.29, 1.82) is 0 Å². The molecule has 0 saturated carbocycles. The number of para-hydroxylation sites is 1. The molecule has 3 heterocycles. The first-order chi connectivity index (χ1) is 16.9. The lowest BCUT2D eigenvalue weighted by Gasteiger charge is -2.47. The number of nitrogens with one attached hydrogen (secondary N) is 1. The number of rotatable bonds is 7. The second-order valence-electron chi connectivity index (χ2n) is 9.68. The van der Waals surface area contributed by atoms with Gasteiger partial charge in [-0.05, 0) is 49.6 Å².